The number of rotatable bonds is 7. The molecule has 28 heavy (non-hydrogen) atoms. The molecule has 6 nitrogen and oxygen atoms in total. The number of amides is 1. The normalized spacial score (nSPS) is 10.7. The summed E-state index contributed by atoms with van der Waals surface area (Å²) in [7, 11) is 0. The van der Waals surface area contributed by atoms with E-state index in [1.54, 1.807) is 0 Å². The molecule has 1 heterocycles. The van der Waals surface area contributed by atoms with Gasteiger partial charge in [0.15, 0.2) is 5.16 Å². The molecular formula is C21H24N4O2S. The summed E-state index contributed by atoms with van der Waals surface area (Å²) in [5.41, 5.74) is 4.07. The first-order chi connectivity index (χ1) is 13.5. The molecule has 3 rings (SSSR count). The number of hydrogen-bond acceptors (Lipinski definition) is 5. The second-order valence-corrected chi connectivity index (χ2v) is 7.39. The van der Waals surface area contributed by atoms with Crippen molar-refractivity contribution in [1.29, 1.82) is 0 Å². The molecule has 0 radical (unpaired) electrons. The maximum absolute atomic E-state index is 12.4. The molecule has 2 aromatic carbocycles. The molecule has 7 heteroatoms. The Labute approximate surface area is 169 Å². The number of carbonyl (C=O) groups excluding carboxylic acids is 1. The van der Waals surface area contributed by atoms with Crippen LogP contribution in [0.2, 0.25) is 0 Å². The second-order valence-electron chi connectivity index (χ2n) is 6.45. The van der Waals surface area contributed by atoms with Crippen molar-refractivity contribution in [2.45, 2.75) is 32.9 Å². The van der Waals surface area contributed by atoms with Gasteiger partial charge in [0.1, 0.15) is 11.6 Å². The highest BCUT2D eigenvalue weighted by molar-refractivity contribution is 7.99. The first kappa shape index (κ1) is 19.9. The molecule has 0 saturated carbocycles. The van der Waals surface area contributed by atoms with Gasteiger partial charge >= 0.3 is 0 Å². The summed E-state index contributed by atoms with van der Waals surface area (Å²) < 4.78 is 7.41. The molecule has 146 valence electrons. The lowest BCUT2D eigenvalue weighted by Crippen LogP contribution is -2.14. The zero-order valence-electron chi connectivity index (χ0n) is 16.5. The Balaban J connectivity index is 1.68. The third kappa shape index (κ3) is 4.72. The summed E-state index contributed by atoms with van der Waals surface area (Å²) >= 11 is 1.37. The van der Waals surface area contributed by atoms with Crippen LogP contribution in [0.15, 0.2) is 47.6 Å². The SMILES string of the molecule is CCOc1ccc(NC(=O)CSc2nnc(C)n2-c2cc(C)ccc2C)cc1. The monoisotopic (exact) mass is 396 g/mol. The van der Waals surface area contributed by atoms with E-state index in [4.69, 9.17) is 4.74 Å². The summed E-state index contributed by atoms with van der Waals surface area (Å²) in [6.45, 7) is 8.58. The molecule has 0 bridgehead atoms. The van der Waals surface area contributed by atoms with E-state index >= 15 is 0 Å². The van der Waals surface area contributed by atoms with Gasteiger partial charge in [0.25, 0.3) is 0 Å². The minimum atomic E-state index is -0.0951. The molecule has 0 saturated heterocycles. The topological polar surface area (TPSA) is 69.0 Å². The summed E-state index contributed by atoms with van der Waals surface area (Å²) in [4.78, 5) is 12.4. The molecule has 0 fully saturated rings. The van der Waals surface area contributed by atoms with Crippen LogP contribution in [0.1, 0.15) is 23.9 Å². The van der Waals surface area contributed by atoms with Gasteiger partial charge in [-0.2, -0.15) is 0 Å². The van der Waals surface area contributed by atoms with Gasteiger partial charge in [-0.25, -0.2) is 0 Å². The van der Waals surface area contributed by atoms with Crippen LogP contribution in [-0.2, 0) is 4.79 Å². The van der Waals surface area contributed by atoms with Crippen molar-refractivity contribution in [2.75, 3.05) is 17.7 Å². The van der Waals surface area contributed by atoms with Gasteiger partial charge in [0.2, 0.25) is 5.91 Å². The molecule has 0 aliphatic heterocycles. The fraction of sp³-hybridized carbons (Fsp3) is 0.286. The number of benzene rings is 2. The fourth-order valence-corrected chi connectivity index (χ4v) is 3.59. The van der Waals surface area contributed by atoms with E-state index in [1.807, 2.05) is 42.7 Å². The lowest BCUT2D eigenvalue weighted by Gasteiger charge is -2.12. The van der Waals surface area contributed by atoms with E-state index in [0.717, 1.165) is 34.1 Å². The minimum Gasteiger partial charge on any atom is -0.494 e. The van der Waals surface area contributed by atoms with Crippen LogP contribution in [0.25, 0.3) is 5.69 Å². The maximum Gasteiger partial charge on any atom is 0.234 e. The molecule has 1 aromatic heterocycles. The number of nitrogens with one attached hydrogen (secondary N) is 1. The van der Waals surface area contributed by atoms with Gasteiger partial charge in [-0.05, 0) is 69.2 Å². The summed E-state index contributed by atoms with van der Waals surface area (Å²) in [6.07, 6.45) is 0. The number of nitrogens with zero attached hydrogens (tertiary/aromatic N) is 3. The Kier molecular flexibility index (Phi) is 6.36. The average Bonchev–Trinajstić information content (AvgIpc) is 3.04. The predicted molar refractivity (Wildman–Crippen MR) is 113 cm³/mol. The summed E-state index contributed by atoms with van der Waals surface area (Å²) in [5, 5.41) is 12.0. The zero-order valence-corrected chi connectivity index (χ0v) is 17.3. The van der Waals surface area contributed by atoms with Gasteiger partial charge in [-0.1, -0.05) is 23.9 Å². The lowest BCUT2D eigenvalue weighted by atomic mass is 10.1. The van der Waals surface area contributed by atoms with Crippen molar-refractivity contribution in [3.05, 3.63) is 59.4 Å². The smallest absolute Gasteiger partial charge is 0.234 e. The molecule has 3 aromatic rings. The van der Waals surface area contributed by atoms with Crippen molar-refractivity contribution in [1.82, 2.24) is 14.8 Å². The molecule has 0 aliphatic carbocycles. The summed E-state index contributed by atoms with van der Waals surface area (Å²) in [6, 6.07) is 13.6. The first-order valence-electron chi connectivity index (χ1n) is 9.13. The van der Waals surface area contributed by atoms with E-state index < -0.39 is 0 Å². The second kappa shape index (κ2) is 8.93. The van der Waals surface area contributed by atoms with Crippen LogP contribution in [0.5, 0.6) is 5.75 Å². The van der Waals surface area contributed by atoms with Gasteiger partial charge in [0, 0.05) is 5.69 Å². The molecular weight excluding hydrogens is 372 g/mol. The Morgan fingerprint density at radius 3 is 2.57 bits per heavy atom. The van der Waals surface area contributed by atoms with Crippen LogP contribution in [0.4, 0.5) is 5.69 Å². The van der Waals surface area contributed by atoms with Gasteiger partial charge in [0.05, 0.1) is 18.0 Å². The van der Waals surface area contributed by atoms with E-state index in [1.165, 1.54) is 11.8 Å². The number of anilines is 1. The number of carbonyl (C=O) groups is 1. The molecule has 1 amide bonds. The Hall–Kier alpha value is -2.80. The lowest BCUT2D eigenvalue weighted by molar-refractivity contribution is -0.113. The molecule has 0 spiro atoms. The maximum atomic E-state index is 12.4. The van der Waals surface area contributed by atoms with E-state index in [2.05, 4.69) is 47.6 Å². The predicted octanol–water partition coefficient (Wildman–Crippen LogP) is 4.32. The van der Waals surface area contributed by atoms with Crippen LogP contribution >= 0.6 is 11.8 Å². The quantitative estimate of drug-likeness (QED) is 0.602. The molecule has 1 N–H and O–H groups in total. The molecule has 0 aliphatic rings. The number of hydrogen-bond donors (Lipinski definition) is 1. The van der Waals surface area contributed by atoms with E-state index in [0.29, 0.717) is 11.8 Å². The van der Waals surface area contributed by atoms with Crippen LogP contribution in [0.3, 0.4) is 0 Å². The van der Waals surface area contributed by atoms with Crippen molar-refractivity contribution in [3.8, 4) is 11.4 Å². The molecule has 0 unspecified atom stereocenters. The van der Waals surface area contributed by atoms with Crippen molar-refractivity contribution < 1.29 is 9.53 Å². The number of aromatic nitrogens is 3. The third-order valence-corrected chi connectivity index (χ3v) is 5.11. The highest BCUT2D eigenvalue weighted by Crippen LogP contribution is 2.25. The first-order valence-corrected chi connectivity index (χ1v) is 10.1. The van der Waals surface area contributed by atoms with E-state index in [-0.39, 0.29) is 11.7 Å². The number of aryl methyl sites for hydroxylation is 3. The Morgan fingerprint density at radius 1 is 1.11 bits per heavy atom. The Bertz CT molecular complexity index is 967. The highest BCUT2D eigenvalue weighted by atomic mass is 32.2. The summed E-state index contributed by atoms with van der Waals surface area (Å²) in [5.74, 6) is 1.73. The van der Waals surface area contributed by atoms with Gasteiger partial charge in [-0.3, -0.25) is 9.36 Å². The van der Waals surface area contributed by atoms with Crippen LogP contribution < -0.4 is 10.1 Å². The van der Waals surface area contributed by atoms with Crippen molar-refractivity contribution in [3.63, 3.8) is 0 Å². The standard InChI is InChI=1S/C21H24N4O2S/c1-5-27-18-10-8-17(9-11-18)22-20(26)13-28-21-24-23-16(4)25(21)19-12-14(2)6-7-15(19)3/h6-12H,5,13H2,1-4H3,(H,22,26). The van der Waals surface area contributed by atoms with Crippen LogP contribution in [0, 0.1) is 20.8 Å². The average molecular weight is 397 g/mol. The van der Waals surface area contributed by atoms with E-state index in [9.17, 15) is 4.79 Å². The minimum absolute atomic E-state index is 0.0951. The van der Waals surface area contributed by atoms with Gasteiger partial charge in [-0.15, -0.1) is 10.2 Å². The number of thioether (sulfide) groups is 1. The highest BCUT2D eigenvalue weighted by Gasteiger charge is 2.15. The number of ether oxygens (including phenoxy) is 1. The largest absolute Gasteiger partial charge is 0.494 e. The van der Waals surface area contributed by atoms with Crippen molar-refractivity contribution in [2.24, 2.45) is 0 Å². The Morgan fingerprint density at radius 2 is 1.86 bits per heavy atom. The van der Waals surface area contributed by atoms with Crippen LogP contribution in [-0.4, -0.2) is 33.0 Å². The third-order valence-electron chi connectivity index (χ3n) is 4.18. The van der Waals surface area contributed by atoms with Crippen molar-refractivity contribution >= 4 is 23.4 Å². The molecule has 0 atom stereocenters. The van der Waals surface area contributed by atoms with Gasteiger partial charge < -0.3 is 10.1 Å². The zero-order chi connectivity index (χ0) is 20.1. The fourth-order valence-electron chi connectivity index (χ4n) is 2.80.